The number of aryl methyl sites for hydroxylation is 2. The highest BCUT2D eigenvalue weighted by Crippen LogP contribution is 2.16. The summed E-state index contributed by atoms with van der Waals surface area (Å²) >= 11 is 0. The monoisotopic (exact) mass is 331 g/mol. The van der Waals surface area contributed by atoms with E-state index in [9.17, 15) is 9.59 Å². The normalized spacial score (nSPS) is 11.6. The maximum absolute atomic E-state index is 12.9. The highest BCUT2D eigenvalue weighted by atomic mass is 16.5. The van der Waals surface area contributed by atoms with Gasteiger partial charge in [0.05, 0.1) is 13.2 Å². The number of fused-ring (bicyclic) bond motifs is 3. The van der Waals surface area contributed by atoms with Crippen LogP contribution in [-0.2, 0) is 24.9 Å². The standard InChI is InChI=1S/C16H21N5O3/c1-5-7-19-11(3)10-21-12-13(17-15(19)21)18(4)16(23)20(14(12)22)8-9-24-6-2/h5,10H,1,6-9H2,2-4H3. The molecule has 3 heterocycles. The van der Waals surface area contributed by atoms with Crippen molar-refractivity contribution in [2.75, 3.05) is 13.2 Å². The highest BCUT2D eigenvalue weighted by molar-refractivity contribution is 5.75. The minimum Gasteiger partial charge on any atom is -0.380 e. The first kappa shape index (κ1) is 16.3. The molecule has 8 heteroatoms. The Bertz CT molecular complexity index is 1030. The summed E-state index contributed by atoms with van der Waals surface area (Å²) in [5, 5.41) is 0. The van der Waals surface area contributed by atoms with Gasteiger partial charge in [-0.1, -0.05) is 6.08 Å². The molecule has 0 aliphatic rings. The molecule has 0 saturated carbocycles. The average molecular weight is 331 g/mol. The Labute approximate surface area is 138 Å². The number of ether oxygens (including phenoxy) is 1. The van der Waals surface area contributed by atoms with Gasteiger partial charge in [-0.25, -0.2) is 4.79 Å². The third-order valence-corrected chi connectivity index (χ3v) is 4.12. The number of hydrogen-bond acceptors (Lipinski definition) is 4. The van der Waals surface area contributed by atoms with Crippen LogP contribution in [0.2, 0.25) is 0 Å². The van der Waals surface area contributed by atoms with Gasteiger partial charge in [-0.2, -0.15) is 4.98 Å². The third-order valence-electron chi connectivity index (χ3n) is 4.12. The van der Waals surface area contributed by atoms with Crippen LogP contribution in [-0.4, -0.2) is 36.3 Å². The molecular weight excluding hydrogens is 310 g/mol. The number of hydrogen-bond donors (Lipinski definition) is 0. The fraction of sp³-hybridized carbons (Fsp3) is 0.438. The minimum absolute atomic E-state index is 0.217. The molecule has 3 aromatic heterocycles. The van der Waals surface area contributed by atoms with Gasteiger partial charge < -0.3 is 9.30 Å². The van der Waals surface area contributed by atoms with E-state index in [2.05, 4.69) is 11.6 Å². The smallest absolute Gasteiger partial charge is 0.332 e. The van der Waals surface area contributed by atoms with Crippen molar-refractivity contribution in [3.63, 3.8) is 0 Å². The molecule has 8 nitrogen and oxygen atoms in total. The van der Waals surface area contributed by atoms with Crippen molar-refractivity contribution in [3.8, 4) is 0 Å². The summed E-state index contributed by atoms with van der Waals surface area (Å²) in [6.07, 6.45) is 3.62. The SMILES string of the molecule is C=CCn1c(C)cn2c3c(=O)n(CCOCC)c(=O)n(C)c3nc12. The fourth-order valence-electron chi connectivity index (χ4n) is 2.91. The second kappa shape index (κ2) is 6.12. The second-order valence-corrected chi connectivity index (χ2v) is 5.62. The van der Waals surface area contributed by atoms with Crippen molar-refractivity contribution < 1.29 is 4.74 Å². The zero-order valence-electron chi connectivity index (χ0n) is 14.2. The maximum Gasteiger partial charge on any atom is 0.332 e. The van der Waals surface area contributed by atoms with Gasteiger partial charge >= 0.3 is 5.69 Å². The van der Waals surface area contributed by atoms with Crippen LogP contribution in [0.5, 0.6) is 0 Å². The van der Waals surface area contributed by atoms with E-state index in [1.165, 1.54) is 9.13 Å². The molecule has 128 valence electrons. The van der Waals surface area contributed by atoms with Gasteiger partial charge in [-0.05, 0) is 13.8 Å². The van der Waals surface area contributed by atoms with Gasteiger partial charge in [0, 0.05) is 32.1 Å². The summed E-state index contributed by atoms with van der Waals surface area (Å²) < 4.78 is 11.6. The first-order chi connectivity index (χ1) is 11.5. The lowest BCUT2D eigenvalue weighted by Crippen LogP contribution is -2.40. The van der Waals surface area contributed by atoms with Gasteiger partial charge in [0.1, 0.15) is 0 Å². The molecule has 0 spiro atoms. The number of rotatable bonds is 6. The lowest BCUT2D eigenvalue weighted by atomic mass is 10.4. The van der Waals surface area contributed by atoms with E-state index in [-0.39, 0.29) is 17.8 Å². The Morgan fingerprint density at radius 2 is 2.08 bits per heavy atom. The van der Waals surface area contributed by atoms with Gasteiger partial charge in [-0.3, -0.25) is 18.3 Å². The molecule has 0 amide bonds. The second-order valence-electron chi connectivity index (χ2n) is 5.62. The van der Waals surface area contributed by atoms with E-state index >= 15 is 0 Å². The third kappa shape index (κ3) is 2.30. The van der Waals surface area contributed by atoms with Crippen LogP contribution in [0.1, 0.15) is 12.6 Å². The molecule has 24 heavy (non-hydrogen) atoms. The predicted octanol–water partition coefficient (Wildman–Crippen LogP) is 0.680. The fourth-order valence-corrected chi connectivity index (χ4v) is 2.91. The lowest BCUT2D eigenvalue weighted by Gasteiger charge is -2.07. The number of nitrogens with zero attached hydrogens (tertiary/aromatic N) is 5. The van der Waals surface area contributed by atoms with E-state index in [4.69, 9.17) is 4.74 Å². The number of imidazole rings is 2. The van der Waals surface area contributed by atoms with Gasteiger partial charge in [0.15, 0.2) is 11.2 Å². The Balaban J connectivity index is 2.32. The molecule has 0 saturated heterocycles. The van der Waals surface area contributed by atoms with Crippen LogP contribution in [0.4, 0.5) is 0 Å². The van der Waals surface area contributed by atoms with Crippen LogP contribution in [0.3, 0.4) is 0 Å². The van der Waals surface area contributed by atoms with Crippen LogP contribution in [0, 0.1) is 6.92 Å². The van der Waals surface area contributed by atoms with Crippen molar-refractivity contribution in [3.05, 3.63) is 45.4 Å². The van der Waals surface area contributed by atoms with E-state index < -0.39 is 0 Å². The Morgan fingerprint density at radius 3 is 2.75 bits per heavy atom. The van der Waals surface area contributed by atoms with Crippen LogP contribution in [0.25, 0.3) is 16.9 Å². The van der Waals surface area contributed by atoms with Gasteiger partial charge in [0.2, 0.25) is 5.78 Å². The van der Waals surface area contributed by atoms with Crippen molar-refractivity contribution in [2.24, 2.45) is 7.05 Å². The van der Waals surface area contributed by atoms with Gasteiger partial charge in [0.25, 0.3) is 5.56 Å². The molecule has 0 radical (unpaired) electrons. The molecule has 0 unspecified atom stereocenters. The molecular formula is C16H21N5O3. The van der Waals surface area contributed by atoms with E-state index in [1.807, 2.05) is 24.6 Å². The number of aromatic nitrogens is 5. The Kier molecular flexibility index (Phi) is 4.15. The van der Waals surface area contributed by atoms with Crippen molar-refractivity contribution >= 4 is 16.9 Å². The Hall–Kier alpha value is -2.61. The number of allylic oxidation sites excluding steroid dienone is 1. The van der Waals surface area contributed by atoms with Crippen LogP contribution in [0.15, 0.2) is 28.4 Å². The summed E-state index contributed by atoms with van der Waals surface area (Å²) in [4.78, 5) is 29.8. The molecule has 0 fully saturated rings. The molecule has 0 N–H and O–H groups in total. The summed E-state index contributed by atoms with van der Waals surface area (Å²) in [6, 6.07) is 0. The first-order valence-corrected chi connectivity index (χ1v) is 7.87. The van der Waals surface area contributed by atoms with Crippen molar-refractivity contribution in [2.45, 2.75) is 26.9 Å². The van der Waals surface area contributed by atoms with Crippen LogP contribution < -0.4 is 11.2 Å². The molecule has 0 bridgehead atoms. The molecule has 0 aliphatic carbocycles. The van der Waals surface area contributed by atoms with Crippen molar-refractivity contribution in [1.29, 1.82) is 0 Å². The quantitative estimate of drug-likeness (QED) is 0.492. The summed E-state index contributed by atoms with van der Waals surface area (Å²) in [5.41, 5.74) is 1.00. The summed E-state index contributed by atoms with van der Waals surface area (Å²) in [5.74, 6) is 0.622. The maximum atomic E-state index is 12.9. The molecule has 3 aromatic rings. The minimum atomic E-state index is -0.389. The van der Waals surface area contributed by atoms with E-state index in [0.29, 0.717) is 36.7 Å². The molecule has 3 rings (SSSR count). The Morgan fingerprint density at radius 1 is 1.33 bits per heavy atom. The van der Waals surface area contributed by atoms with Crippen molar-refractivity contribution in [1.82, 2.24) is 23.1 Å². The first-order valence-electron chi connectivity index (χ1n) is 7.87. The highest BCUT2D eigenvalue weighted by Gasteiger charge is 2.19. The predicted molar refractivity (Wildman–Crippen MR) is 91.6 cm³/mol. The van der Waals surface area contributed by atoms with Gasteiger partial charge in [-0.15, -0.1) is 6.58 Å². The zero-order chi connectivity index (χ0) is 17.4. The molecule has 0 atom stereocenters. The zero-order valence-corrected chi connectivity index (χ0v) is 14.2. The van der Waals surface area contributed by atoms with Crippen LogP contribution >= 0.6 is 0 Å². The average Bonchev–Trinajstić information content (AvgIpc) is 3.06. The summed E-state index contributed by atoms with van der Waals surface area (Å²) in [6.45, 7) is 9.22. The largest absolute Gasteiger partial charge is 0.380 e. The molecule has 0 aliphatic heterocycles. The topological polar surface area (TPSA) is 75.5 Å². The lowest BCUT2D eigenvalue weighted by molar-refractivity contribution is 0.137. The van der Waals surface area contributed by atoms with E-state index in [0.717, 1.165) is 5.69 Å². The molecule has 0 aromatic carbocycles. The van der Waals surface area contributed by atoms with E-state index in [1.54, 1.807) is 17.5 Å². The summed E-state index contributed by atoms with van der Waals surface area (Å²) in [7, 11) is 1.62.